The number of hydrogen-bond donors (Lipinski definition) is 2. The van der Waals surface area contributed by atoms with Crippen LogP contribution >= 0.6 is 11.3 Å². The van der Waals surface area contributed by atoms with Crippen LogP contribution in [0.4, 0.5) is 10.7 Å². The Bertz CT molecular complexity index is 870. The van der Waals surface area contributed by atoms with E-state index in [1.807, 2.05) is 13.8 Å². The summed E-state index contributed by atoms with van der Waals surface area (Å²) in [5.74, 6) is -0.889. The molecule has 0 fully saturated rings. The molecule has 3 rings (SSSR count). The highest BCUT2D eigenvalue weighted by molar-refractivity contribution is 7.16. The van der Waals surface area contributed by atoms with Crippen LogP contribution in [0.25, 0.3) is 0 Å². The summed E-state index contributed by atoms with van der Waals surface area (Å²) in [6, 6.07) is 5.04. The zero-order chi connectivity index (χ0) is 17.4. The topological polar surface area (TPSA) is 84.5 Å². The van der Waals surface area contributed by atoms with E-state index in [9.17, 15) is 14.4 Å². The molecule has 0 unspecified atom stereocenters. The summed E-state index contributed by atoms with van der Waals surface area (Å²) < 4.78 is 4.80. The van der Waals surface area contributed by atoms with Crippen molar-refractivity contribution in [2.24, 2.45) is 0 Å². The highest BCUT2D eigenvalue weighted by Crippen LogP contribution is 2.33. The molecule has 1 aliphatic heterocycles. The monoisotopic (exact) mass is 344 g/mol. The molecule has 0 atom stereocenters. The molecule has 1 aliphatic rings. The van der Waals surface area contributed by atoms with Gasteiger partial charge in [0, 0.05) is 16.1 Å². The number of benzene rings is 1. The minimum atomic E-state index is -0.476. The Morgan fingerprint density at radius 1 is 1.29 bits per heavy atom. The van der Waals surface area contributed by atoms with Crippen molar-refractivity contribution in [2.45, 2.75) is 20.3 Å². The molecule has 0 spiro atoms. The first-order valence-corrected chi connectivity index (χ1v) is 8.14. The van der Waals surface area contributed by atoms with Gasteiger partial charge in [-0.1, -0.05) is 0 Å². The number of anilines is 2. The molecule has 0 bridgehead atoms. The highest BCUT2D eigenvalue weighted by Gasteiger charge is 2.23. The van der Waals surface area contributed by atoms with Gasteiger partial charge in [0.05, 0.1) is 19.1 Å². The third-order valence-corrected chi connectivity index (χ3v) is 5.12. The fourth-order valence-corrected chi connectivity index (χ4v) is 3.65. The van der Waals surface area contributed by atoms with Gasteiger partial charge in [-0.15, -0.1) is 11.3 Å². The summed E-state index contributed by atoms with van der Waals surface area (Å²) >= 11 is 1.33. The van der Waals surface area contributed by atoms with Crippen molar-refractivity contribution in [1.82, 2.24) is 0 Å². The summed E-state index contributed by atoms with van der Waals surface area (Å²) in [5, 5.41) is 5.97. The molecule has 2 N–H and O–H groups in total. The van der Waals surface area contributed by atoms with Gasteiger partial charge in [-0.3, -0.25) is 9.59 Å². The van der Waals surface area contributed by atoms with Gasteiger partial charge in [-0.05, 0) is 43.2 Å². The number of rotatable bonds is 3. The number of hydrogen-bond acceptors (Lipinski definition) is 5. The van der Waals surface area contributed by atoms with Gasteiger partial charge >= 0.3 is 5.97 Å². The average molecular weight is 344 g/mol. The second-order valence-corrected chi connectivity index (χ2v) is 6.75. The molecule has 1 aromatic heterocycles. The molecule has 7 heteroatoms. The first kappa shape index (κ1) is 16.2. The van der Waals surface area contributed by atoms with Crippen LogP contribution in [0.1, 0.15) is 36.7 Å². The number of ether oxygens (including phenoxy) is 1. The van der Waals surface area contributed by atoms with E-state index in [1.54, 1.807) is 18.2 Å². The third-order valence-electron chi connectivity index (χ3n) is 3.99. The van der Waals surface area contributed by atoms with Gasteiger partial charge in [-0.2, -0.15) is 0 Å². The quantitative estimate of drug-likeness (QED) is 0.839. The maximum atomic E-state index is 12.5. The van der Waals surface area contributed by atoms with Gasteiger partial charge in [0.1, 0.15) is 5.00 Å². The molecule has 6 nitrogen and oxygen atoms in total. The number of thiophene rings is 1. The van der Waals surface area contributed by atoms with E-state index in [0.29, 0.717) is 16.1 Å². The second-order valence-electron chi connectivity index (χ2n) is 5.53. The molecule has 124 valence electrons. The van der Waals surface area contributed by atoms with Crippen molar-refractivity contribution >= 4 is 39.8 Å². The smallest absolute Gasteiger partial charge is 0.341 e. The van der Waals surface area contributed by atoms with Gasteiger partial charge in [0.25, 0.3) is 5.91 Å². The largest absolute Gasteiger partial charge is 0.465 e. The summed E-state index contributed by atoms with van der Waals surface area (Å²) in [4.78, 5) is 36.8. The summed E-state index contributed by atoms with van der Waals surface area (Å²) in [6.07, 6.45) is 0.265. The normalized spacial score (nSPS) is 12.5. The van der Waals surface area contributed by atoms with Crippen molar-refractivity contribution in [3.8, 4) is 0 Å². The number of carbonyl (C=O) groups is 3. The van der Waals surface area contributed by atoms with E-state index in [1.165, 1.54) is 18.4 Å². The molecule has 24 heavy (non-hydrogen) atoms. The molecule has 2 aromatic rings. The molecule has 0 radical (unpaired) electrons. The molecule has 1 aromatic carbocycles. The number of nitrogens with one attached hydrogen (secondary N) is 2. The number of methoxy groups -OCH3 is 1. The average Bonchev–Trinajstić information content (AvgIpc) is 3.05. The number of carbonyl (C=O) groups excluding carboxylic acids is 3. The van der Waals surface area contributed by atoms with Crippen molar-refractivity contribution < 1.29 is 19.1 Å². The highest BCUT2D eigenvalue weighted by atomic mass is 32.1. The van der Waals surface area contributed by atoms with E-state index >= 15 is 0 Å². The molecular formula is C17H16N2O4S. The molecule has 0 aliphatic carbocycles. The summed E-state index contributed by atoms with van der Waals surface area (Å²) in [5.41, 5.74) is 3.14. The lowest BCUT2D eigenvalue weighted by molar-refractivity contribution is -0.115. The van der Waals surface area contributed by atoms with E-state index in [4.69, 9.17) is 4.74 Å². The number of amides is 2. The van der Waals surface area contributed by atoms with Crippen molar-refractivity contribution in [3.63, 3.8) is 0 Å². The molecule has 0 saturated carbocycles. The van der Waals surface area contributed by atoms with E-state index in [-0.39, 0.29) is 18.2 Å². The first-order valence-electron chi connectivity index (χ1n) is 7.33. The lowest BCUT2D eigenvalue weighted by atomic mass is 10.1. The maximum absolute atomic E-state index is 12.5. The Labute approximate surface area is 142 Å². The van der Waals surface area contributed by atoms with Gasteiger partial charge in [0.15, 0.2) is 0 Å². The number of aryl methyl sites for hydroxylation is 1. The Morgan fingerprint density at radius 3 is 2.75 bits per heavy atom. The Hall–Kier alpha value is -2.67. The molecule has 0 saturated heterocycles. The third kappa shape index (κ3) is 2.78. The SMILES string of the molecule is COC(=O)c1c(NC(=O)c2ccc3c(c2)CC(=O)N3)sc(C)c1C. The van der Waals surface area contributed by atoms with Crippen LogP contribution in [0.2, 0.25) is 0 Å². The number of esters is 1. The second kappa shape index (κ2) is 6.09. The van der Waals surface area contributed by atoms with Crippen LogP contribution in [0.3, 0.4) is 0 Å². The van der Waals surface area contributed by atoms with Gasteiger partial charge in [0.2, 0.25) is 5.91 Å². The first-order chi connectivity index (χ1) is 11.4. The van der Waals surface area contributed by atoms with Crippen molar-refractivity contribution in [3.05, 3.63) is 45.3 Å². The summed E-state index contributed by atoms with van der Waals surface area (Å²) in [7, 11) is 1.31. The van der Waals surface area contributed by atoms with Crippen LogP contribution in [0.5, 0.6) is 0 Å². The van der Waals surface area contributed by atoms with Gasteiger partial charge < -0.3 is 15.4 Å². The lowest BCUT2D eigenvalue weighted by Crippen LogP contribution is -2.14. The van der Waals surface area contributed by atoms with Crippen molar-refractivity contribution in [1.29, 1.82) is 0 Å². The number of fused-ring (bicyclic) bond motifs is 1. The predicted molar refractivity (Wildman–Crippen MR) is 91.9 cm³/mol. The molecular weight excluding hydrogens is 328 g/mol. The van der Waals surface area contributed by atoms with Crippen molar-refractivity contribution in [2.75, 3.05) is 17.7 Å². The van der Waals surface area contributed by atoms with Crippen LogP contribution < -0.4 is 10.6 Å². The fraction of sp³-hybridized carbons (Fsp3) is 0.235. The maximum Gasteiger partial charge on any atom is 0.341 e. The Balaban J connectivity index is 1.89. The Morgan fingerprint density at radius 2 is 2.04 bits per heavy atom. The minimum Gasteiger partial charge on any atom is -0.465 e. The molecule has 2 heterocycles. The molecule has 2 amide bonds. The van der Waals surface area contributed by atoms with E-state index in [0.717, 1.165) is 21.7 Å². The van der Waals surface area contributed by atoms with E-state index in [2.05, 4.69) is 10.6 Å². The Kier molecular flexibility index (Phi) is 4.11. The zero-order valence-corrected chi connectivity index (χ0v) is 14.3. The van der Waals surface area contributed by atoms with Crippen LogP contribution in [0, 0.1) is 13.8 Å². The van der Waals surface area contributed by atoms with Crippen LogP contribution in [-0.2, 0) is 16.0 Å². The van der Waals surface area contributed by atoms with Crippen LogP contribution in [0.15, 0.2) is 18.2 Å². The van der Waals surface area contributed by atoms with Crippen LogP contribution in [-0.4, -0.2) is 24.9 Å². The zero-order valence-electron chi connectivity index (χ0n) is 13.5. The standard InChI is InChI=1S/C17H16N2O4S/c1-8-9(2)24-16(14(8)17(22)23-3)19-15(21)10-4-5-12-11(6-10)7-13(20)18-12/h4-6H,7H2,1-3H3,(H,18,20)(H,19,21). The fourth-order valence-electron chi connectivity index (χ4n) is 2.61. The minimum absolute atomic E-state index is 0.0833. The summed E-state index contributed by atoms with van der Waals surface area (Å²) in [6.45, 7) is 3.70. The predicted octanol–water partition coefficient (Wildman–Crippen LogP) is 2.90. The lowest BCUT2D eigenvalue weighted by Gasteiger charge is -2.07. The van der Waals surface area contributed by atoms with Gasteiger partial charge in [-0.25, -0.2) is 4.79 Å². The van der Waals surface area contributed by atoms with E-state index < -0.39 is 5.97 Å².